The van der Waals surface area contributed by atoms with Crippen LogP contribution in [0, 0.1) is 0 Å². The van der Waals surface area contributed by atoms with Crippen LogP contribution in [0.3, 0.4) is 0 Å². The summed E-state index contributed by atoms with van der Waals surface area (Å²) in [6.07, 6.45) is 3.02. The summed E-state index contributed by atoms with van der Waals surface area (Å²) in [5.74, 6) is 0. The SMILES string of the molecule is C=C1CCC(NC(=O)NC)C1. The van der Waals surface area contributed by atoms with E-state index in [2.05, 4.69) is 17.2 Å². The fourth-order valence-corrected chi connectivity index (χ4v) is 1.31. The average Bonchev–Trinajstić information content (AvgIpc) is 2.35. The first-order chi connectivity index (χ1) is 5.22. The van der Waals surface area contributed by atoms with Crippen LogP contribution in [-0.4, -0.2) is 19.1 Å². The minimum Gasteiger partial charge on any atom is -0.341 e. The van der Waals surface area contributed by atoms with Gasteiger partial charge in [0.15, 0.2) is 0 Å². The summed E-state index contributed by atoms with van der Waals surface area (Å²) in [5, 5.41) is 5.38. The molecule has 0 aromatic rings. The van der Waals surface area contributed by atoms with Gasteiger partial charge in [-0.05, 0) is 19.3 Å². The molecule has 3 heteroatoms. The highest BCUT2D eigenvalue weighted by molar-refractivity contribution is 5.73. The highest BCUT2D eigenvalue weighted by Crippen LogP contribution is 2.22. The van der Waals surface area contributed by atoms with E-state index in [1.807, 2.05) is 0 Å². The van der Waals surface area contributed by atoms with Crippen LogP contribution in [0.15, 0.2) is 12.2 Å². The smallest absolute Gasteiger partial charge is 0.314 e. The van der Waals surface area contributed by atoms with E-state index in [0.29, 0.717) is 6.04 Å². The minimum atomic E-state index is -0.0929. The predicted octanol–water partition coefficient (Wildman–Crippen LogP) is 1.02. The molecule has 1 atom stereocenters. The molecule has 0 radical (unpaired) electrons. The Balaban J connectivity index is 2.28. The van der Waals surface area contributed by atoms with Gasteiger partial charge in [-0.3, -0.25) is 0 Å². The predicted molar refractivity (Wildman–Crippen MR) is 44.4 cm³/mol. The summed E-state index contributed by atoms with van der Waals surface area (Å²) in [6.45, 7) is 3.87. The van der Waals surface area contributed by atoms with Crippen molar-refractivity contribution in [3.8, 4) is 0 Å². The van der Waals surface area contributed by atoms with Crippen LogP contribution in [-0.2, 0) is 0 Å². The van der Waals surface area contributed by atoms with Gasteiger partial charge in [-0.25, -0.2) is 4.79 Å². The maximum atomic E-state index is 10.8. The van der Waals surface area contributed by atoms with E-state index in [9.17, 15) is 4.79 Å². The largest absolute Gasteiger partial charge is 0.341 e. The second kappa shape index (κ2) is 3.42. The van der Waals surface area contributed by atoms with E-state index < -0.39 is 0 Å². The van der Waals surface area contributed by atoms with Crippen LogP contribution >= 0.6 is 0 Å². The van der Waals surface area contributed by atoms with E-state index in [0.717, 1.165) is 19.3 Å². The summed E-state index contributed by atoms with van der Waals surface area (Å²) >= 11 is 0. The lowest BCUT2D eigenvalue weighted by molar-refractivity contribution is 0.239. The van der Waals surface area contributed by atoms with Gasteiger partial charge in [-0.1, -0.05) is 12.2 Å². The zero-order valence-corrected chi connectivity index (χ0v) is 6.81. The molecule has 0 bridgehead atoms. The molecule has 11 heavy (non-hydrogen) atoms. The number of amides is 2. The third kappa shape index (κ3) is 2.26. The topological polar surface area (TPSA) is 41.1 Å². The van der Waals surface area contributed by atoms with Crippen LogP contribution in [0.5, 0.6) is 0 Å². The second-order valence-electron chi connectivity index (χ2n) is 2.91. The van der Waals surface area contributed by atoms with Crippen molar-refractivity contribution in [1.29, 1.82) is 0 Å². The van der Waals surface area contributed by atoms with E-state index in [4.69, 9.17) is 0 Å². The normalized spacial score (nSPS) is 23.4. The fraction of sp³-hybridized carbons (Fsp3) is 0.625. The molecule has 62 valence electrons. The first-order valence-corrected chi connectivity index (χ1v) is 3.87. The third-order valence-electron chi connectivity index (χ3n) is 1.94. The Bertz CT molecular complexity index is 177. The Labute approximate surface area is 66.9 Å². The zero-order valence-electron chi connectivity index (χ0n) is 6.81. The lowest BCUT2D eigenvalue weighted by Crippen LogP contribution is -2.38. The zero-order chi connectivity index (χ0) is 8.27. The molecule has 1 saturated carbocycles. The number of hydrogen-bond donors (Lipinski definition) is 2. The maximum absolute atomic E-state index is 10.8. The number of hydrogen-bond acceptors (Lipinski definition) is 1. The van der Waals surface area contributed by atoms with Crippen LogP contribution in [0.1, 0.15) is 19.3 Å². The number of urea groups is 1. The van der Waals surface area contributed by atoms with Gasteiger partial charge in [-0.15, -0.1) is 0 Å². The van der Waals surface area contributed by atoms with Gasteiger partial charge < -0.3 is 10.6 Å². The highest BCUT2D eigenvalue weighted by Gasteiger charge is 2.18. The van der Waals surface area contributed by atoms with Crippen LogP contribution in [0.2, 0.25) is 0 Å². The van der Waals surface area contributed by atoms with Crippen LogP contribution < -0.4 is 10.6 Å². The van der Waals surface area contributed by atoms with Crippen LogP contribution in [0.4, 0.5) is 4.79 Å². The van der Waals surface area contributed by atoms with Gasteiger partial charge in [0.1, 0.15) is 0 Å². The number of nitrogens with one attached hydrogen (secondary N) is 2. The standard InChI is InChI=1S/C8H14N2O/c1-6-3-4-7(5-6)10-8(11)9-2/h7H,1,3-5H2,2H3,(H2,9,10,11). The summed E-state index contributed by atoms with van der Waals surface area (Å²) in [4.78, 5) is 10.8. The lowest BCUT2D eigenvalue weighted by atomic mass is 10.2. The van der Waals surface area contributed by atoms with Gasteiger partial charge in [0.2, 0.25) is 0 Å². The van der Waals surface area contributed by atoms with Crippen molar-refractivity contribution >= 4 is 6.03 Å². The monoisotopic (exact) mass is 154 g/mol. The molecular weight excluding hydrogens is 140 g/mol. The van der Waals surface area contributed by atoms with Crippen molar-refractivity contribution in [2.24, 2.45) is 0 Å². The fourth-order valence-electron chi connectivity index (χ4n) is 1.31. The summed E-state index contributed by atoms with van der Waals surface area (Å²) < 4.78 is 0. The molecular formula is C8H14N2O. The molecule has 0 heterocycles. The van der Waals surface area contributed by atoms with Crippen molar-refractivity contribution in [2.45, 2.75) is 25.3 Å². The molecule has 3 nitrogen and oxygen atoms in total. The molecule has 0 aromatic carbocycles. The summed E-state index contributed by atoms with van der Waals surface area (Å²) in [5.41, 5.74) is 1.24. The van der Waals surface area contributed by atoms with Crippen molar-refractivity contribution in [3.63, 3.8) is 0 Å². The molecule has 0 spiro atoms. The Morgan fingerprint density at radius 2 is 2.45 bits per heavy atom. The van der Waals surface area contributed by atoms with Gasteiger partial charge in [0.05, 0.1) is 0 Å². The lowest BCUT2D eigenvalue weighted by Gasteiger charge is -2.10. The van der Waals surface area contributed by atoms with Gasteiger partial charge in [0, 0.05) is 13.1 Å². The average molecular weight is 154 g/mol. The van der Waals surface area contributed by atoms with E-state index >= 15 is 0 Å². The molecule has 2 N–H and O–H groups in total. The van der Waals surface area contributed by atoms with E-state index in [1.165, 1.54) is 5.57 Å². The molecule has 1 rings (SSSR count). The molecule has 0 aromatic heterocycles. The molecule has 2 amide bonds. The second-order valence-corrected chi connectivity index (χ2v) is 2.91. The number of carbonyl (C=O) groups excluding carboxylic acids is 1. The Morgan fingerprint density at radius 1 is 1.73 bits per heavy atom. The Morgan fingerprint density at radius 3 is 2.91 bits per heavy atom. The summed E-state index contributed by atoms with van der Waals surface area (Å²) in [6, 6.07) is 0.215. The van der Waals surface area contributed by atoms with E-state index in [-0.39, 0.29) is 6.03 Å². The molecule has 1 aliphatic carbocycles. The van der Waals surface area contributed by atoms with Crippen molar-refractivity contribution < 1.29 is 4.79 Å². The van der Waals surface area contributed by atoms with Gasteiger partial charge >= 0.3 is 6.03 Å². The Hall–Kier alpha value is -0.990. The van der Waals surface area contributed by atoms with Crippen LogP contribution in [0.25, 0.3) is 0 Å². The molecule has 1 fully saturated rings. The third-order valence-corrected chi connectivity index (χ3v) is 1.94. The quantitative estimate of drug-likeness (QED) is 0.544. The first kappa shape index (κ1) is 8.11. The van der Waals surface area contributed by atoms with Crippen molar-refractivity contribution in [1.82, 2.24) is 10.6 Å². The van der Waals surface area contributed by atoms with Crippen molar-refractivity contribution in [3.05, 3.63) is 12.2 Å². The maximum Gasteiger partial charge on any atom is 0.314 e. The molecule has 1 unspecified atom stereocenters. The highest BCUT2D eigenvalue weighted by atomic mass is 16.2. The number of rotatable bonds is 1. The van der Waals surface area contributed by atoms with Crippen molar-refractivity contribution in [2.75, 3.05) is 7.05 Å². The van der Waals surface area contributed by atoms with E-state index in [1.54, 1.807) is 7.05 Å². The number of carbonyl (C=O) groups is 1. The molecule has 1 aliphatic rings. The molecule has 0 saturated heterocycles. The first-order valence-electron chi connectivity index (χ1n) is 3.87. The summed E-state index contributed by atoms with van der Waals surface area (Å²) in [7, 11) is 1.62. The molecule has 0 aliphatic heterocycles. The van der Waals surface area contributed by atoms with Gasteiger partial charge in [0.25, 0.3) is 0 Å². The Kier molecular flexibility index (Phi) is 2.52. The minimum absolute atomic E-state index is 0.0929. The van der Waals surface area contributed by atoms with Gasteiger partial charge in [-0.2, -0.15) is 0 Å².